The summed E-state index contributed by atoms with van der Waals surface area (Å²) >= 11 is 0. The van der Waals surface area contributed by atoms with Crippen LogP contribution in [-0.4, -0.2) is 0 Å². The van der Waals surface area contributed by atoms with E-state index in [0.717, 1.165) is 0 Å². The van der Waals surface area contributed by atoms with Gasteiger partial charge in [0.1, 0.15) is 0 Å². The Labute approximate surface area is 111 Å². The lowest BCUT2D eigenvalue weighted by molar-refractivity contribution is 0.435. The van der Waals surface area contributed by atoms with Gasteiger partial charge in [0, 0.05) is 0 Å². The molecule has 0 bridgehead atoms. The molecule has 0 N–H and O–H groups in total. The Hall–Kier alpha value is -1.56. The number of hydrogen-bond acceptors (Lipinski definition) is 0. The molecule has 94 valence electrons. The molecule has 18 heavy (non-hydrogen) atoms. The standard InChI is InChI=1S/C18H22/c1-14-10-8-9-13-17(14)15(2)18(3,4)16-11-6-5-7-12-16/h5-13,15H,1-4H3. The fourth-order valence-electron chi connectivity index (χ4n) is 2.58. The van der Waals surface area contributed by atoms with Gasteiger partial charge >= 0.3 is 0 Å². The summed E-state index contributed by atoms with van der Waals surface area (Å²) in [6.07, 6.45) is 0. The van der Waals surface area contributed by atoms with Crippen LogP contribution in [0.1, 0.15) is 43.4 Å². The molecule has 1 atom stereocenters. The third-order valence-electron chi connectivity index (χ3n) is 4.26. The fraction of sp³-hybridized carbons (Fsp3) is 0.333. The Morgan fingerprint density at radius 1 is 0.833 bits per heavy atom. The third kappa shape index (κ3) is 2.33. The van der Waals surface area contributed by atoms with Gasteiger partial charge in [-0.1, -0.05) is 75.4 Å². The lowest BCUT2D eigenvalue weighted by Crippen LogP contribution is -2.25. The van der Waals surface area contributed by atoms with Crippen LogP contribution in [0.15, 0.2) is 54.6 Å². The number of hydrogen-bond donors (Lipinski definition) is 0. The highest BCUT2D eigenvalue weighted by molar-refractivity contribution is 5.35. The monoisotopic (exact) mass is 238 g/mol. The summed E-state index contributed by atoms with van der Waals surface area (Å²) in [5.41, 5.74) is 4.38. The zero-order valence-corrected chi connectivity index (χ0v) is 11.8. The predicted molar refractivity (Wildman–Crippen MR) is 79.1 cm³/mol. The van der Waals surface area contributed by atoms with E-state index >= 15 is 0 Å². The Morgan fingerprint density at radius 3 is 2.00 bits per heavy atom. The largest absolute Gasteiger partial charge is 0.0622 e. The second kappa shape index (κ2) is 4.97. The molecule has 0 aliphatic carbocycles. The lowest BCUT2D eigenvalue weighted by atomic mass is 9.70. The minimum atomic E-state index is 0.146. The smallest absolute Gasteiger partial charge is 0.00375 e. The molecule has 0 saturated heterocycles. The highest BCUT2D eigenvalue weighted by atomic mass is 14.3. The molecule has 0 aliphatic rings. The first-order valence-corrected chi connectivity index (χ1v) is 6.64. The number of rotatable bonds is 3. The van der Waals surface area contributed by atoms with E-state index in [4.69, 9.17) is 0 Å². The normalized spacial score (nSPS) is 13.3. The van der Waals surface area contributed by atoms with Crippen molar-refractivity contribution in [2.75, 3.05) is 0 Å². The first-order valence-electron chi connectivity index (χ1n) is 6.64. The fourth-order valence-corrected chi connectivity index (χ4v) is 2.58. The highest BCUT2D eigenvalue weighted by Crippen LogP contribution is 2.39. The van der Waals surface area contributed by atoms with E-state index in [-0.39, 0.29) is 5.41 Å². The summed E-state index contributed by atoms with van der Waals surface area (Å²) in [6.45, 7) is 9.20. The van der Waals surface area contributed by atoms with Crippen LogP contribution in [-0.2, 0) is 5.41 Å². The summed E-state index contributed by atoms with van der Waals surface area (Å²) in [7, 11) is 0. The Kier molecular flexibility index (Phi) is 3.56. The van der Waals surface area contributed by atoms with Gasteiger partial charge in [0.2, 0.25) is 0 Å². The molecule has 0 fully saturated rings. The van der Waals surface area contributed by atoms with Gasteiger partial charge in [-0.2, -0.15) is 0 Å². The van der Waals surface area contributed by atoms with Crippen LogP contribution in [0.4, 0.5) is 0 Å². The van der Waals surface area contributed by atoms with Crippen molar-refractivity contribution in [1.29, 1.82) is 0 Å². The highest BCUT2D eigenvalue weighted by Gasteiger charge is 2.29. The van der Waals surface area contributed by atoms with Gasteiger partial charge in [0.25, 0.3) is 0 Å². The summed E-state index contributed by atoms with van der Waals surface area (Å²) in [6, 6.07) is 19.5. The number of aryl methyl sites for hydroxylation is 1. The van der Waals surface area contributed by atoms with Gasteiger partial charge in [-0.3, -0.25) is 0 Å². The van der Waals surface area contributed by atoms with E-state index in [2.05, 4.69) is 82.3 Å². The van der Waals surface area contributed by atoms with Gasteiger partial charge in [-0.25, -0.2) is 0 Å². The lowest BCUT2D eigenvalue weighted by Gasteiger charge is -2.33. The van der Waals surface area contributed by atoms with Crippen molar-refractivity contribution in [1.82, 2.24) is 0 Å². The quantitative estimate of drug-likeness (QED) is 0.699. The maximum Gasteiger partial charge on any atom is -0.00375 e. The average molecular weight is 238 g/mol. The minimum absolute atomic E-state index is 0.146. The Bertz CT molecular complexity index is 509. The van der Waals surface area contributed by atoms with Crippen LogP contribution in [0.2, 0.25) is 0 Å². The molecule has 2 rings (SSSR count). The molecule has 0 amide bonds. The Balaban J connectivity index is 2.39. The van der Waals surface area contributed by atoms with Crippen molar-refractivity contribution in [2.45, 2.75) is 39.0 Å². The molecule has 0 heterocycles. The van der Waals surface area contributed by atoms with Crippen LogP contribution >= 0.6 is 0 Å². The van der Waals surface area contributed by atoms with Crippen molar-refractivity contribution in [3.8, 4) is 0 Å². The molecule has 0 radical (unpaired) electrons. The maximum absolute atomic E-state index is 2.33. The average Bonchev–Trinajstić information content (AvgIpc) is 2.39. The minimum Gasteiger partial charge on any atom is -0.0622 e. The molecule has 1 unspecified atom stereocenters. The van der Waals surface area contributed by atoms with E-state index in [1.165, 1.54) is 16.7 Å². The zero-order chi connectivity index (χ0) is 13.2. The first kappa shape index (κ1) is 12.9. The molecule has 0 saturated carbocycles. The summed E-state index contributed by atoms with van der Waals surface area (Å²) in [5.74, 6) is 0.501. The summed E-state index contributed by atoms with van der Waals surface area (Å²) in [5, 5.41) is 0. The molecule has 2 aromatic carbocycles. The van der Waals surface area contributed by atoms with Gasteiger partial charge in [0.05, 0.1) is 0 Å². The van der Waals surface area contributed by atoms with Crippen LogP contribution in [0.3, 0.4) is 0 Å². The Morgan fingerprint density at radius 2 is 1.39 bits per heavy atom. The van der Waals surface area contributed by atoms with E-state index in [1.807, 2.05) is 0 Å². The molecule has 0 heteroatoms. The van der Waals surface area contributed by atoms with Crippen molar-refractivity contribution in [3.05, 3.63) is 71.3 Å². The maximum atomic E-state index is 2.33. The van der Waals surface area contributed by atoms with E-state index in [1.54, 1.807) is 0 Å². The van der Waals surface area contributed by atoms with Crippen molar-refractivity contribution in [3.63, 3.8) is 0 Å². The van der Waals surface area contributed by atoms with Crippen LogP contribution in [0.5, 0.6) is 0 Å². The first-order chi connectivity index (χ1) is 8.53. The molecular weight excluding hydrogens is 216 g/mol. The van der Waals surface area contributed by atoms with Crippen molar-refractivity contribution < 1.29 is 0 Å². The van der Waals surface area contributed by atoms with Gasteiger partial charge in [-0.15, -0.1) is 0 Å². The molecular formula is C18H22. The molecule has 0 nitrogen and oxygen atoms in total. The van der Waals surface area contributed by atoms with Crippen molar-refractivity contribution >= 4 is 0 Å². The van der Waals surface area contributed by atoms with Gasteiger partial charge in [-0.05, 0) is 34.9 Å². The third-order valence-corrected chi connectivity index (χ3v) is 4.26. The van der Waals surface area contributed by atoms with E-state index < -0.39 is 0 Å². The van der Waals surface area contributed by atoms with Crippen LogP contribution < -0.4 is 0 Å². The SMILES string of the molecule is Cc1ccccc1C(C)C(C)(C)c1ccccc1. The summed E-state index contributed by atoms with van der Waals surface area (Å²) < 4.78 is 0. The number of benzene rings is 2. The molecule has 0 aliphatic heterocycles. The zero-order valence-electron chi connectivity index (χ0n) is 11.8. The predicted octanol–water partition coefficient (Wildman–Crippen LogP) is 5.08. The van der Waals surface area contributed by atoms with E-state index in [9.17, 15) is 0 Å². The molecule has 0 spiro atoms. The second-order valence-corrected chi connectivity index (χ2v) is 5.67. The summed E-state index contributed by atoms with van der Waals surface area (Å²) in [4.78, 5) is 0. The second-order valence-electron chi connectivity index (χ2n) is 5.67. The van der Waals surface area contributed by atoms with Crippen molar-refractivity contribution in [2.24, 2.45) is 0 Å². The van der Waals surface area contributed by atoms with E-state index in [0.29, 0.717) is 5.92 Å². The molecule has 0 aromatic heterocycles. The van der Waals surface area contributed by atoms with Crippen LogP contribution in [0.25, 0.3) is 0 Å². The topological polar surface area (TPSA) is 0 Å². The van der Waals surface area contributed by atoms with Crippen LogP contribution in [0, 0.1) is 6.92 Å². The molecule has 2 aromatic rings. The van der Waals surface area contributed by atoms with Gasteiger partial charge in [0.15, 0.2) is 0 Å². The van der Waals surface area contributed by atoms with Gasteiger partial charge < -0.3 is 0 Å².